The van der Waals surface area contributed by atoms with Gasteiger partial charge in [-0.3, -0.25) is 0 Å². The van der Waals surface area contributed by atoms with Gasteiger partial charge in [0.15, 0.2) is 11.6 Å². The lowest BCUT2D eigenvalue weighted by Gasteiger charge is -2.08. The molecule has 16 heavy (non-hydrogen) atoms. The van der Waals surface area contributed by atoms with Gasteiger partial charge < -0.3 is 16.8 Å². The van der Waals surface area contributed by atoms with E-state index in [4.69, 9.17) is 11.5 Å². The third-order valence-electron chi connectivity index (χ3n) is 2.22. The first-order valence-electron chi connectivity index (χ1n) is 4.91. The molecular formula is C11H13N5. The Hall–Kier alpha value is -2.30. The maximum absolute atomic E-state index is 5.73. The maximum Gasteiger partial charge on any atom is 0.155 e. The highest BCUT2D eigenvalue weighted by molar-refractivity contribution is 5.72. The topological polar surface area (TPSA) is 89.8 Å². The highest BCUT2D eigenvalue weighted by atomic mass is 15.1. The fourth-order valence-electron chi connectivity index (χ4n) is 1.33. The summed E-state index contributed by atoms with van der Waals surface area (Å²) < 4.78 is 0. The average molecular weight is 215 g/mol. The Balaban J connectivity index is 2.08. The molecule has 0 aliphatic heterocycles. The number of aromatic nitrogens is 2. The summed E-state index contributed by atoms with van der Waals surface area (Å²) in [4.78, 5) is 7.82. The van der Waals surface area contributed by atoms with Gasteiger partial charge >= 0.3 is 0 Å². The summed E-state index contributed by atoms with van der Waals surface area (Å²) in [6, 6.07) is 9.98. The minimum Gasteiger partial charge on any atom is -0.393 e. The van der Waals surface area contributed by atoms with Crippen LogP contribution in [0.5, 0.6) is 0 Å². The highest BCUT2D eigenvalue weighted by Crippen LogP contribution is 2.19. The molecule has 5 heteroatoms. The van der Waals surface area contributed by atoms with Crippen LogP contribution in [0.2, 0.25) is 0 Å². The lowest BCUT2D eigenvalue weighted by molar-refractivity contribution is 1.09. The largest absolute Gasteiger partial charge is 0.393 e. The van der Waals surface area contributed by atoms with Crippen LogP contribution < -0.4 is 16.8 Å². The van der Waals surface area contributed by atoms with E-state index in [-0.39, 0.29) is 0 Å². The number of hydrogen-bond donors (Lipinski definition) is 3. The number of nitrogen functional groups attached to an aromatic ring is 2. The molecule has 1 aromatic heterocycles. The maximum atomic E-state index is 5.73. The van der Waals surface area contributed by atoms with Crippen molar-refractivity contribution in [1.82, 2.24) is 9.97 Å². The van der Waals surface area contributed by atoms with Crippen LogP contribution in [0, 0.1) is 0 Å². The van der Waals surface area contributed by atoms with Crippen molar-refractivity contribution in [2.45, 2.75) is 6.54 Å². The minimum atomic E-state index is 0.297. The molecule has 1 heterocycles. The SMILES string of the molecule is Nc1ncnc(NCc2ccccc2)c1N. The summed E-state index contributed by atoms with van der Waals surface area (Å²) >= 11 is 0. The van der Waals surface area contributed by atoms with Gasteiger partial charge in [0.2, 0.25) is 0 Å². The van der Waals surface area contributed by atoms with Crippen molar-refractivity contribution in [2.24, 2.45) is 0 Å². The summed E-state index contributed by atoms with van der Waals surface area (Å²) in [7, 11) is 0. The summed E-state index contributed by atoms with van der Waals surface area (Å²) in [6.45, 7) is 0.654. The normalized spacial score (nSPS) is 10.0. The molecule has 0 saturated carbocycles. The van der Waals surface area contributed by atoms with E-state index in [1.165, 1.54) is 6.33 Å². The van der Waals surface area contributed by atoms with E-state index < -0.39 is 0 Å². The molecule has 5 nitrogen and oxygen atoms in total. The lowest BCUT2D eigenvalue weighted by atomic mass is 10.2. The molecule has 0 spiro atoms. The Labute approximate surface area is 93.5 Å². The van der Waals surface area contributed by atoms with Crippen molar-refractivity contribution in [2.75, 3.05) is 16.8 Å². The van der Waals surface area contributed by atoms with Crippen molar-refractivity contribution in [3.63, 3.8) is 0 Å². The van der Waals surface area contributed by atoms with E-state index in [1.807, 2.05) is 30.3 Å². The van der Waals surface area contributed by atoms with Crippen LogP contribution >= 0.6 is 0 Å². The average Bonchev–Trinajstić information content (AvgIpc) is 2.32. The number of benzene rings is 1. The molecular weight excluding hydrogens is 202 g/mol. The second-order valence-corrected chi connectivity index (χ2v) is 3.36. The molecule has 0 fully saturated rings. The van der Waals surface area contributed by atoms with E-state index >= 15 is 0 Å². The van der Waals surface area contributed by atoms with E-state index in [0.717, 1.165) is 5.56 Å². The summed E-state index contributed by atoms with van der Waals surface area (Å²) in [5.41, 5.74) is 12.8. The molecule has 0 saturated heterocycles. The van der Waals surface area contributed by atoms with Gasteiger partial charge in [-0.15, -0.1) is 0 Å². The van der Waals surface area contributed by atoms with Crippen molar-refractivity contribution in [3.8, 4) is 0 Å². The number of nitrogens with zero attached hydrogens (tertiary/aromatic N) is 2. The molecule has 1 aromatic carbocycles. The summed E-state index contributed by atoms with van der Waals surface area (Å²) in [6.07, 6.45) is 1.39. The van der Waals surface area contributed by atoms with Crippen LogP contribution in [0.4, 0.5) is 17.3 Å². The quantitative estimate of drug-likeness (QED) is 0.717. The standard InChI is InChI=1S/C11H13N5/c12-9-10(13)15-7-16-11(9)14-6-8-4-2-1-3-5-8/h1-5,7H,6,12H2,(H3,13,14,15,16). The van der Waals surface area contributed by atoms with Gasteiger partial charge in [0.05, 0.1) is 0 Å². The van der Waals surface area contributed by atoms with E-state index in [9.17, 15) is 0 Å². The van der Waals surface area contributed by atoms with Gasteiger partial charge in [-0.05, 0) is 5.56 Å². The molecule has 0 bridgehead atoms. The molecule has 0 amide bonds. The Morgan fingerprint density at radius 2 is 1.81 bits per heavy atom. The zero-order valence-corrected chi connectivity index (χ0v) is 8.72. The first-order chi connectivity index (χ1) is 7.77. The number of nitrogens with two attached hydrogens (primary N) is 2. The minimum absolute atomic E-state index is 0.297. The zero-order chi connectivity index (χ0) is 11.4. The first kappa shape index (κ1) is 10.2. The third kappa shape index (κ3) is 2.20. The third-order valence-corrected chi connectivity index (χ3v) is 2.22. The van der Waals surface area contributed by atoms with Crippen LogP contribution in [0.1, 0.15) is 5.56 Å². The van der Waals surface area contributed by atoms with Crippen molar-refractivity contribution >= 4 is 17.3 Å². The number of anilines is 3. The fourth-order valence-corrected chi connectivity index (χ4v) is 1.33. The Morgan fingerprint density at radius 1 is 1.06 bits per heavy atom. The molecule has 2 rings (SSSR count). The van der Waals surface area contributed by atoms with Gasteiger partial charge in [-0.25, -0.2) is 9.97 Å². The highest BCUT2D eigenvalue weighted by Gasteiger charge is 2.03. The molecule has 2 aromatic rings. The second-order valence-electron chi connectivity index (χ2n) is 3.36. The van der Waals surface area contributed by atoms with Crippen LogP contribution in [0.15, 0.2) is 36.7 Å². The van der Waals surface area contributed by atoms with Crippen molar-refractivity contribution < 1.29 is 0 Å². The smallest absolute Gasteiger partial charge is 0.155 e. The molecule has 0 aliphatic carbocycles. The van der Waals surface area contributed by atoms with E-state index in [2.05, 4.69) is 15.3 Å². The van der Waals surface area contributed by atoms with E-state index in [1.54, 1.807) is 0 Å². The molecule has 0 atom stereocenters. The summed E-state index contributed by atoms with van der Waals surface area (Å²) in [5.74, 6) is 0.863. The first-order valence-corrected chi connectivity index (χ1v) is 4.91. The molecule has 0 aliphatic rings. The van der Waals surface area contributed by atoms with Crippen LogP contribution in [-0.2, 0) is 6.54 Å². The van der Waals surface area contributed by atoms with Crippen molar-refractivity contribution in [3.05, 3.63) is 42.2 Å². The predicted octanol–water partition coefficient (Wildman–Crippen LogP) is 1.25. The van der Waals surface area contributed by atoms with Gasteiger partial charge in [0.1, 0.15) is 12.0 Å². The predicted molar refractivity (Wildman–Crippen MR) is 64.6 cm³/mol. The van der Waals surface area contributed by atoms with Gasteiger partial charge in [0.25, 0.3) is 0 Å². The lowest BCUT2D eigenvalue weighted by Crippen LogP contribution is -2.07. The molecule has 0 radical (unpaired) electrons. The van der Waals surface area contributed by atoms with E-state index in [0.29, 0.717) is 23.9 Å². The number of nitrogens with one attached hydrogen (secondary N) is 1. The number of hydrogen-bond acceptors (Lipinski definition) is 5. The van der Waals surface area contributed by atoms with Crippen molar-refractivity contribution in [1.29, 1.82) is 0 Å². The molecule has 0 unspecified atom stereocenters. The Kier molecular flexibility index (Phi) is 2.86. The monoisotopic (exact) mass is 215 g/mol. The van der Waals surface area contributed by atoms with Gasteiger partial charge in [-0.1, -0.05) is 30.3 Å². The summed E-state index contributed by atoms with van der Waals surface area (Å²) in [5, 5.41) is 3.11. The van der Waals surface area contributed by atoms with Crippen LogP contribution in [0.25, 0.3) is 0 Å². The molecule has 5 N–H and O–H groups in total. The van der Waals surface area contributed by atoms with Crippen LogP contribution in [-0.4, -0.2) is 9.97 Å². The Morgan fingerprint density at radius 3 is 2.56 bits per heavy atom. The zero-order valence-electron chi connectivity index (χ0n) is 8.72. The van der Waals surface area contributed by atoms with Crippen LogP contribution in [0.3, 0.4) is 0 Å². The fraction of sp³-hybridized carbons (Fsp3) is 0.0909. The van der Waals surface area contributed by atoms with Gasteiger partial charge in [-0.2, -0.15) is 0 Å². The number of rotatable bonds is 3. The Bertz CT molecular complexity index is 469. The second kappa shape index (κ2) is 4.48. The van der Waals surface area contributed by atoms with Gasteiger partial charge in [0, 0.05) is 6.54 Å². The molecule has 82 valence electrons.